The van der Waals surface area contributed by atoms with E-state index in [4.69, 9.17) is 4.98 Å². The number of benzene rings is 11. The molecule has 2 aliphatic carbocycles. The van der Waals surface area contributed by atoms with Crippen LogP contribution in [0.3, 0.4) is 0 Å². The first-order chi connectivity index (χ1) is 36.2. The molecule has 11 aromatic carbocycles. The molecule has 1 spiro atoms. The van der Waals surface area contributed by atoms with Gasteiger partial charge < -0.3 is 14.8 Å². The number of hydrogen-bond donors (Lipinski definition) is 1. The minimum absolute atomic E-state index is 0.0754. The molecule has 1 aliphatic heterocycles. The second-order valence-electron chi connectivity index (χ2n) is 19.8. The molecular weight excluding hydrogens is 885 g/mol. The molecule has 0 amide bonds. The quantitative estimate of drug-likeness (QED) is 0.175. The number of aromatic nitrogens is 2. The molecular formula is C69H44N4. The Hall–Kier alpha value is -9.51. The van der Waals surface area contributed by atoms with Crippen LogP contribution in [0, 0.1) is 0 Å². The van der Waals surface area contributed by atoms with Crippen molar-refractivity contribution in [1.82, 2.24) is 9.55 Å². The summed E-state index contributed by atoms with van der Waals surface area (Å²) in [5.74, 6) is 0. The molecule has 1 atom stereocenters. The summed E-state index contributed by atoms with van der Waals surface area (Å²) < 4.78 is 2.45. The summed E-state index contributed by atoms with van der Waals surface area (Å²) in [7, 11) is 0. The third kappa shape index (κ3) is 5.58. The van der Waals surface area contributed by atoms with Crippen LogP contribution < -0.4 is 10.2 Å². The van der Waals surface area contributed by atoms with Gasteiger partial charge in [0.25, 0.3) is 0 Å². The molecule has 3 heterocycles. The van der Waals surface area contributed by atoms with Crippen molar-refractivity contribution in [3.05, 3.63) is 283 Å². The second kappa shape index (κ2) is 15.2. The Balaban J connectivity index is 0.963. The van der Waals surface area contributed by atoms with Gasteiger partial charge in [0.1, 0.15) is 6.17 Å². The SMILES string of the molecule is c1ccc(N2c3ccccc3NC2c2ccc(-c3cc(-c4nc5ccccc5c5ccc6c(c45)-c4ccccc4C64c5ccccc5-c5ccccc54)cc(-n4c5ccccc5c5ccccc54)c3)cc2)cc1. The number of hydrogen-bond acceptors (Lipinski definition) is 3. The predicted molar refractivity (Wildman–Crippen MR) is 302 cm³/mol. The third-order valence-electron chi connectivity index (χ3n) is 16.2. The van der Waals surface area contributed by atoms with Gasteiger partial charge in [-0.1, -0.05) is 194 Å². The molecule has 3 aliphatic rings. The topological polar surface area (TPSA) is 33.1 Å². The summed E-state index contributed by atoms with van der Waals surface area (Å²) in [6.07, 6.45) is -0.0754. The zero-order valence-corrected chi connectivity index (χ0v) is 39.7. The van der Waals surface area contributed by atoms with Crippen LogP contribution >= 0.6 is 0 Å². The Bertz CT molecular complexity index is 4330. The molecule has 4 heteroatoms. The van der Waals surface area contributed by atoms with E-state index < -0.39 is 5.41 Å². The molecule has 0 bridgehead atoms. The predicted octanol–water partition coefficient (Wildman–Crippen LogP) is 17.4. The van der Waals surface area contributed by atoms with Crippen LogP contribution in [0.5, 0.6) is 0 Å². The van der Waals surface area contributed by atoms with Crippen LogP contribution in [0.15, 0.2) is 255 Å². The monoisotopic (exact) mass is 928 g/mol. The van der Waals surface area contributed by atoms with Gasteiger partial charge in [0.2, 0.25) is 0 Å². The van der Waals surface area contributed by atoms with Crippen molar-refractivity contribution < 1.29 is 0 Å². The Morgan fingerprint density at radius 2 is 0.973 bits per heavy atom. The van der Waals surface area contributed by atoms with Crippen LogP contribution in [0.1, 0.15) is 34.0 Å². The van der Waals surface area contributed by atoms with Crippen molar-refractivity contribution >= 4 is 60.5 Å². The molecule has 13 aromatic rings. The lowest BCUT2D eigenvalue weighted by Crippen LogP contribution is -2.25. The highest BCUT2D eigenvalue weighted by atomic mass is 15.3. The first-order valence-corrected chi connectivity index (χ1v) is 25.3. The Labute approximate surface area is 422 Å². The fourth-order valence-electron chi connectivity index (χ4n) is 13.2. The van der Waals surface area contributed by atoms with Gasteiger partial charge in [-0.15, -0.1) is 0 Å². The van der Waals surface area contributed by atoms with Gasteiger partial charge in [-0.2, -0.15) is 0 Å². The lowest BCUT2D eigenvalue weighted by molar-refractivity contribution is 0.794. The van der Waals surface area contributed by atoms with Crippen LogP contribution in [0.4, 0.5) is 17.1 Å². The minimum atomic E-state index is -0.487. The lowest BCUT2D eigenvalue weighted by Gasteiger charge is -2.30. The van der Waals surface area contributed by atoms with Gasteiger partial charge in [-0.25, -0.2) is 4.98 Å². The number of rotatable bonds is 5. The maximum Gasteiger partial charge on any atom is 0.130 e. The van der Waals surface area contributed by atoms with Gasteiger partial charge in [0.15, 0.2) is 0 Å². The number of anilines is 3. The van der Waals surface area contributed by atoms with Gasteiger partial charge in [0, 0.05) is 38.5 Å². The van der Waals surface area contributed by atoms with Crippen molar-refractivity contribution in [3.63, 3.8) is 0 Å². The van der Waals surface area contributed by atoms with Crippen molar-refractivity contribution in [2.45, 2.75) is 11.6 Å². The average Bonchev–Trinajstić information content (AvgIpc) is 4.19. The average molecular weight is 929 g/mol. The highest BCUT2D eigenvalue weighted by molar-refractivity contribution is 6.19. The molecule has 73 heavy (non-hydrogen) atoms. The molecule has 0 radical (unpaired) electrons. The van der Waals surface area contributed by atoms with Crippen molar-refractivity contribution in [2.24, 2.45) is 0 Å². The normalized spacial score (nSPS) is 14.6. The number of nitrogens with zero attached hydrogens (tertiary/aromatic N) is 3. The van der Waals surface area contributed by atoms with E-state index in [2.05, 4.69) is 270 Å². The molecule has 0 fully saturated rings. The summed E-state index contributed by atoms with van der Waals surface area (Å²) in [5, 5.41) is 9.84. The van der Waals surface area contributed by atoms with E-state index in [0.29, 0.717) is 0 Å². The van der Waals surface area contributed by atoms with Crippen molar-refractivity contribution in [1.29, 1.82) is 0 Å². The van der Waals surface area contributed by atoms with E-state index in [1.54, 1.807) is 0 Å². The molecule has 2 aromatic heterocycles. The molecule has 1 N–H and O–H groups in total. The summed E-state index contributed by atoms with van der Waals surface area (Å²) >= 11 is 0. The molecule has 16 rings (SSSR count). The van der Waals surface area contributed by atoms with E-state index in [0.717, 1.165) is 50.3 Å². The zero-order chi connectivity index (χ0) is 47.8. The van der Waals surface area contributed by atoms with Gasteiger partial charge in [-0.05, 0) is 127 Å². The first kappa shape index (κ1) is 40.2. The molecule has 4 nitrogen and oxygen atoms in total. The molecule has 1 unspecified atom stereocenters. The minimum Gasteiger partial charge on any atom is -0.359 e. The number of pyridine rings is 1. The van der Waals surface area contributed by atoms with Crippen molar-refractivity contribution in [2.75, 3.05) is 10.2 Å². The largest absolute Gasteiger partial charge is 0.359 e. The van der Waals surface area contributed by atoms with E-state index in [9.17, 15) is 0 Å². The van der Waals surface area contributed by atoms with Gasteiger partial charge >= 0.3 is 0 Å². The van der Waals surface area contributed by atoms with Crippen LogP contribution in [-0.2, 0) is 5.41 Å². The third-order valence-corrected chi connectivity index (χ3v) is 16.2. The zero-order valence-electron chi connectivity index (χ0n) is 39.7. The summed E-state index contributed by atoms with van der Waals surface area (Å²) in [6.45, 7) is 0. The highest BCUT2D eigenvalue weighted by Crippen LogP contribution is 2.64. The maximum atomic E-state index is 5.81. The van der Waals surface area contributed by atoms with E-state index >= 15 is 0 Å². The Morgan fingerprint density at radius 1 is 0.397 bits per heavy atom. The maximum absolute atomic E-state index is 5.81. The van der Waals surface area contributed by atoms with Gasteiger partial charge in [0.05, 0.1) is 39.0 Å². The Kier molecular flexibility index (Phi) is 8.40. The molecule has 0 saturated carbocycles. The van der Waals surface area contributed by atoms with E-state index in [1.165, 1.54) is 88.3 Å². The number of nitrogens with one attached hydrogen (secondary N) is 1. The van der Waals surface area contributed by atoms with Gasteiger partial charge in [-0.3, -0.25) is 0 Å². The van der Waals surface area contributed by atoms with Crippen LogP contribution in [-0.4, -0.2) is 9.55 Å². The van der Waals surface area contributed by atoms with Crippen molar-refractivity contribution in [3.8, 4) is 50.3 Å². The fourth-order valence-corrected chi connectivity index (χ4v) is 13.2. The smallest absolute Gasteiger partial charge is 0.130 e. The summed E-state index contributed by atoms with van der Waals surface area (Å²) in [6, 6.07) is 94.1. The number of para-hydroxylation sites is 6. The molecule has 0 saturated heterocycles. The first-order valence-electron chi connectivity index (χ1n) is 25.3. The highest BCUT2D eigenvalue weighted by Gasteiger charge is 2.52. The van der Waals surface area contributed by atoms with E-state index in [1.807, 2.05) is 0 Å². The fraction of sp³-hybridized carbons (Fsp3) is 0.0290. The second-order valence-corrected chi connectivity index (χ2v) is 19.8. The van der Waals surface area contributed by atoms with E-state index in [-0.39, 0.29) is 6.17 Å². The van der Waals surface area contributed by atoms with Crippen LogP contribution in [0.2, 0.25) is 0 Å². The summed E-state index contributed by atoms with van der Waals surface area (Å²) in [4.78, 5) is 8.22. The number of fused-ring (bicyclic) bond motifs is 18. The van der Waals surface area contributed by atoms with Crippen LogP contribution in [0.25, 0.3) is 93.8 Å². The summed E-state index contributed by atoms with van der Waals surface area (Å²) in [5.41, 5.74) is 23.2. The molecule has 340 valence electrons. The lowest BCUT2D eigenvalue weighted by atomic mass is 9.70. The Morgan fingerprint density at radius 3 is 1.70 bits per heavy atom. The standard InChI is InChI=1S/C69H44N4/c1-2-18-47(19-3-1)73-64-33-17-14-30-61(64)71-68(73)44-36-34-43(35-37-44)45-40-46(42-48(41-45)72-62-31-15-8-23-52(62)53-24-9-16-32-63(53)72)67-66-54(51-22-7-13-29-60(51)70-67)38-39-59-65(66)55-25-6-12-28-58(55)69(59)56-26-10-4-20-49(56)50-21-5-11-27-57(50)69/h1-42,68,71H.